The number of nitrogens with zero attached hydrogens (tertiary/aromatic N) is 1. The topological polar surface area (TPSA) is 111 Å². The first-order valence-corrected chi connectivity index (χ1v) is 11.5. The molecule has 1 aliphatic rings. The molecule has 7 nitrogen and oxygen atoms in total. The van der Waals surface area contributed by atoms with Crippen LogP contribution in [0.4, 0.5) is 29.3 Å². The average Bonchev–Trinajstić information content (AvgIpc) is 3.65. The normalized spacial score (nSPS) is 13.2. The van der Waals surface area contributed by atoms with Gasteiger partial charge in [0.05, 0.1) is 23.4 Å². The number of Topliss-reactive ketones (excluding diaryl/α,β-unsaturated/α-hetero) is 1. The molecule has 0 bridgehead atoms. The van der Waals surface area contributed by atoms with Gasteiger partial charge < -0.3 is 20.5 Å². The van der Waals surface area contributed by atoms with Crippen molar-refractivity contribution in [2.45, 2.75) is 45.2 Å². The number of carbonyl (C=O) groups is 3. The number of benzene rings is 2. The summed E-state index contributed by atoms with van der Waals surface area (Å²) >= 11 is 0. The third kappa shape index (κ3) is 6.14. The summed E-state index contributed by atoms with van der Waals surface area (Å²) in [7, 11) is 0. The van der Waals surface area contributed by atoms with Crippen molar-refractivity contribution < 1.29 is 32.7 Å². The minimum atomic E-state index is -4.73. The predicted molar refractivity (Wildman–Crippen MR) is 129 cm³/mol. The fourth-order valence-electron chi connectivity index (χ4n) is 4.11. The molecule has 192 valence electrons. The number of rotatable bonds is 7. The number of ketones is 1. The zero-order chi connectivity index (χ0) is 26.9. The van der Waals surface area contributed by atoms with E-state index in [0.717, 1.165) is 48.2 Å². The molecule has 1 heterocycles. The van der Waals surface area contributed by atoms with Crippen LogP contribution in [0, 0.1) is 13.8 Å². The van der Waals surface area contributed by atoms with E-state index in [4.69, 9.17) is 0 Å². The van der Waals surface area contributed by atoms with Crippen LogP contribution in [0.15, 0.2) is 48.7 Å². The van der Waals surface area contributed by atoms with Crippen molar-refractivity contribution in [1.82, 2.24) is 4.98 Å². The molecule has 2 aromatic carbocycles. The van der Waals surface area contributed by atoms with Crippen LogP contribution >= 0.6 is 0 Å². The van der Waals surface area contributed by atoms with Gasteiger partial charge in [0.25, 0.3) is 0 Å². The minimum Gasteiger partial charge on any atom is -0.530 e. The molecule has 0 unspecified atom stereocenters. The lowest BCUT2D eigenvalue weighted by molar-refractivity contribution is -0.242. The smallest absolute Gasteiger partial charge is 0.416 e. The van der Waals surface area contributed by atoms with Crippen molar-refractivity contribution in [2.24, 2.45) is 0 Å². The second kappa shape index (κ2) is 10.0. The molecule has 0 atom stereocenters. The Morgan fingerprint density at radius 2 is 1.70 bits per heavy atom. The molecule has 0 aliphatic heterocycles. The van der Waals surface area contributed by atoms with Crippen molar-refractivity contribution >= 4 is 29.2 Å². The molecule has 1 aliphatic carbocycles. The van der Waals surface area contributed by atoms with Gasteiger partial charge in [0.1, 0.15) is 6.09 Å². The Morgan fingerprint density at radius 1 is 1.00 bits per heavy atom. The van der Waals surface area contributed by atoms with Gasteiger partial charge in [-0.2, -0.15) is 13.2 Å². The van der Waals surface area contributed by atoms with Crippen LogP contribution in [0.5, 0.6) is 0 Å². The summed E-state index contributed by atoms with van der Waals surface area (Å²) in [5.74, 6) is -0.958. The van der Waals surface area contributed by atoms with E-state index in [2.05, 4.69) is 10.3 Å². The van der Waals surface area contributed by atoms with E-state index < -0.39 is 41.6 Å². The number of alkyl halides is 3. The van der Waals surface area contributed by atoms with E-state index in [0.29, 0.717) is 12.0 Å². The molecular formula is C27H23F3N3O4-. The van der Waals surface area contributed by atoms with E-state index in [1.54, 1.807) is 18.3 Å². The fraction of sp³-hybridized carbons (Fsp3) is 0.259. The molecule has 2 N–H and O–H groups in total. The van der Waals surface area contributed by atoms with Crippen LogP contribution in [0.25, 0.3) is 11.1 Å². The van der Waals surface area contributed by atoms with Crippen LogP contribution in [0.3, 0.4) is 0 Å². The highest BCUT2D eigenvalue weighted by molar-refractivity contribution is 6.12. The maximum Gasteiger partial charge on any atom is 0.416 e. The molecule has 2 amide bonds. The van der Waals surface area contributed by atoms with E-state index >= 15 is 0 Å². The highest BCUT2D eigenvalue weighted by Gasteiger charge is 2.33. The Hall–Kier alpha value is -4.21. The van der Waals surface area contributed by atoms with Crippen molar-refractivity contribution in [2.75, 3.05) is 10.6 Å². The highest BCUT2D eigenvalue weighted by atomic mass is 19.4. The zero-order valence-corrected chi connectivity index (χ0v) is 20.0. The first kappa shape index (κ1) is 25.9. The molecule has 1 aromatic heterocycles. The van der Waals surface area contributed by atoms with Crippen molar-refractivity contribution in [3.63, 3.8) is 0 Å². The van der Waals surface area contributed by atoms with Gasteiger partial charge in [0.2, 0.25) is 5.91 Å². The maximum atomic E-state index is 13.3. The quantitative estimate of drug-likeness (QED) is 0.334. The lowest BCUT2D eigenvalue weighted by Gasteiger charge is -2.18. The molecule has 3 aromatic rings. The number of pyridine rings is 1. The number of hydrogen-bond acceptors (Lipinski definition) is 5. The molecule has 0 spiro atoms. The van der Waals surface area contributed by atoms with Crippen LogP contribution in [0.1, 0.15) is 57.9 Å². The first-order valence-electron chi connectivity index (χ1n) is 11.5. The van der Waals surface area contributed by atoms with Crippen LogP contribution in [-0.4, -0.2) is 22.8 Å². The highest BCUT2D eigenvalue weighted by Crippen LogP contribution is 2.40. The summed E-state index contributed by atoms with van der Waals surface area (Å²) in [5.41, 5.74) is 1.84. The van der Waals surface area contributed by atoms with Crippen molar-refractivity contribution in [1.29, 1.82) is 0 Å². The number of aromatic nitrogens is 1. The SMILES string of the molecule is Cc1cc(C2CC2)ncc1-c1cccc(C(=O)CC(=O)Nc2cc(C(F)(F)F)c(C)cc2NC(=O)[O-])c1. The van der Waals surface area contributed by atoms with Crippen LogP contribution in [0.2, 0.25) is 0 Å². The predicted octanol–water partition coefficient (Wildman–Crippen LogP) is 5.23. The van der Waals surface area contributed by atoms with Gasteiger partial charge in [0.15, 0.2) is 5.78 Å². The van der Waals surface area contributed by atoms with Gasteiger partial charge in [-0.05, 0) is 67.6 Å². The van der Waals surface area contributed by atoms with E-state index in [-0.39, 0.29) is 16.8 Å². The molecule has 0 saturated heterocycles. The summed E-state index contributed by atoms with van der Waals surface area (Å²) < 4.78 is 40.0. The lowest BCUT2D eigenvalue weighted by atomic mass is 9.97. The maximum absolute atomic E-state index is 13.3. The standard InChI is InChI=1S/C27H24F3N3O4/c1-14-8-21(16-6-7-16)31-13-19(14)17-4-3-5-18(10-17)24(34)12-25(35)32-23-11-20(27(28,29)30)15(2)9-22(23)33-26(36)37/h3-5,8-11,13,16,33H,6-7,12H2,1-2H3,(H,32,35)(H,36,37)/p-1. The second-order valence-electron chi connectivity index (χ2n) is 9.05. The summed E-state index contributed by atoms with van der Waals surface area (Å²) in [4.78, 5) is 40.9. The summed E-state index contributed by atoms with van der Waals surface area (Å²) in [6.45, 7) is 3.11. The summed E-state index contributed by atoms with van der Waals surface area (Å²) in [6.07, 6.45) is -3.14. The van der Waals surface area contributed by atoms with Crippen LogP contribution in [-0.2, 0) is 11.0 Å². The number of aryl methyl sites for hydroxylation is 2. The average molecular weight is 510 g/mol. The third-order valence-electron chi connectivity index (χ3n) is 6.12. The van der Waals surface area contributed by atoms with E-state index in [1.807, 2.05) is 24.4 Å². The van der Waals surface area contributed by atoms with Crippen LogP contribution < -0.4 is 15.7 Å². The fourth-order valence-corrected chi connectivity index (χ4v) is 4.11. The van der Waals surface area contributed by atoms with E-state index in [9.17, 15) is 32.7 Å². The number of anilines is 2. The van der Waals surface area contributed by atoms with Gasteiger partial charge in [-0.25, -0.2) is 0 Å². The lowest BCUT2D eigenvalue weighted by Crippen LogP contribution is -2.29. The summed E-state index contributed by atoms with van der Waals surface area (Å²) in [5, 5.41) is 15.0. The number of hydrogen-bond donors (Lipinski definition) is 2. The molecule has 1 fully saturated rings. The third-order valence-corrected chi connectivity index (χ3v) is 6.12. The number of amides is 2. The van der Waals surface area contributed by atoms with Gasteiger partial charge in [-0.1, -0.05) is 18.2 Å². The Bertz CT molecular complexity index is 1400. The molecule has 0 radical (unpaired) electrons. The Labute approximate surface area is 210 Å². The molecular weight excluding hydrogens is 487 g/mol. The molecule has 4 rings (SSSR count). The number of carboxylic acid groups (broad SMARTS) is 1. The van der Waals surface area contributed by atoms with Gasteiger partial charge in [-0.15, -0.1) is 0 Å². The Kier molecular flexibility index (Phi) is 7.02. The molecule has 37 heavy (non-hydrogen) atoms. The first-order chi connectivity index (χ1) is 17.4. The largest absolute Gasteiger partial charge is 0.530 e. The Morgan fingerprint density at radius 3 is 2.32 bits per heavy atom. The van der Waals surface area contributed by atoms with Crippen molar-refractivity contribution in [3.8, 4) is 11.1 Å². The monoisotopic (exact) mass is 510 g/mol. The molecule has 1 saturated carbocycles. The van der Waals surface area contributed by atoms with E-state index in [1.165, 1.54) is 6.07 Å². The zero-order valence-electron chi connectivity index (χ0n) is 20.0. The van der Waals surface area contributed by atoms with Gasteiger partial charge in [0, 0.05) is 28.9 Å². The summed E-state index contributed by atoms with van der Waals surface area (Å²) in [6, 6.07) is 10.2. The second-order valence-corrected chi connectivity index (χ2v) is 9.05. The number of halogens is 3. The minimum absolute atomic E-state index is 0.242. The van der Waals surface area contributed by atoms with Crippen molar-refractivity contribution in [3.05, 3.63) is 76.6 Å². The van der Waals surface area contributed by atoms with Gasteiger partial charge in [-0.3, -0.25) is 14.6 Å². The number of nitrogens with one attached hydrogen (secondary N) is 2. The number of carbonyl (C=O) groups excluding carboxylic acids is 3. The molecule has 10 heteroatoms. The Balaban J connectivity index is 1.53. The van der Waals surface area contributed by atoms with Gasteiger partial charge >= 0.3 is 6.18 Å².